The second kappa shape index (κ2) is 8.10. The smallest absolute Gasteiger partial charge is 0.300 e. The van der Waals surface area contributed by atoms with E-state index in [0.717, 1.165) is 0 Å². The van der Waals surface area contributed by atoms with E-state index in [4.69, 9.17) is 9.15 Å². The van der Waals surface area contributed by atoms with Crippen LogP contribution in [0.15, 0.2) is 70.7 Å². The third-order valence-electron chi connectivity index (χ3n) is 5.02. The molecule has 2 heterocycles. The molecule has 0 radical (unpaired) electrons. The zero-order chi connectivity index (χ0) is 22.1. The fourth-order valence-corrected chi connectivity index (χ4v) is 3.60. The number of rotatable bonds is 5. The SMILES string of the molecule is CCOc1ccc(N2C(=O)C(=O)/C(=C(\O)c3ccc(F)cc3)C2c2ccc(C)o2)cc1. The number of aryl methyl sites for hydroxylation is 1. The molecule has 1 aliphatic heterocycles. The second-order valence-electron chi connectivity index (χ2n) is 7.05. The van der Waals surface area contributed by atoms with Crippen molar-refractivity contribution in [1.29, 1.82) is 0 Å². The Morgan fingerprint density at radius 1 is 1.06 bits per heavy atom. The van der Waals surface area contributed by atoms with Crippen molar-refractivity contribution < 1.29 is 28.2 Å². The maximum Gasteiger partial charge on any atom is 0.300 e. The molecule has 0 bridgehead atoms. The Morgan fingerprint density at radius 2 is 1.74 bits per heavy atom. The number of ketones is 1. The molecule has 2 aromatic carbocycles. The van der Waals surface area contributed by atoms with Crippen LogP contribution in [0.1, 0.15) is 30.0 Å². The summed E-state index contributed by atoms with van der Waals surface area (Å²) in [5.74, 6) is -0.986. The van der Waals surface area contributed by atoms with Gasteiger partial charge in [-0.15, -0.1) is 0 Å². The van der Waals surface area contributed by atoms with E-state index in [2.05, 4.69) is 0 Å². The lowest BCUT2D eigenvalue weighted by molar-refractivity contribution is -0.132. The number of hydrogen-bond donors (Lipinski definition) is 1. The number of ether oxygens (including phenoxy) is 1. The van der Waals surface area contributed by atoms with Gasteiger partial charge in [0.2, 0.25) is 0 Å². The van der Waals surface area contributed by atoms with E-state index < -0.39 is 29.3 Å². The van der Waals surface area contributed by atoms with Gasteiger partial charge in [-0.1, -0.05) is 0 Å². The van der Waals surface area contributed by atoms with Crippen LogP contribution >= 0.6 is 0 Å². The van der Waals surface area contributed by atoms with Gasteiger partial charge in [-0.2, -0.15) is 0 Å². The molecule has 0 aliphatic carbocycles. The zero-order valence-corrected chi connectivity index (χ0v) is 17.0. The number of halogens is 1. The van der Waals surface area contributed by atoms with E-state index in [1.807, 2.05) is 6.92 Å². The fourth-order valence-electron chi connectivity index (χ4n) is 3.60. The first-order valence-electron chi connectivity index (χ1n) is 9.77. The lowest BCUT2D eigenvalue weighted by atomic mass is 9.99. The van der Waals surface area contributed by atoms with Crippen LogP contribution in [0.3, 0.4) is 0 Å². The summed E-state index contributed by atoms with van der Waals surface area (Å²) in [7, 11) is 0. The minimum absolute atomic E-state index is 0.125. The molecule has 1 aromatic heterocycles. The Hall–Kier alpha value is -3.87. The summed E-state index contributed by atoms with van der Waals surface area (Å²) in [6.45, 7) is 4.10. The minimum atomic E-state index is -0.975. The predicted molar refractivity (Wildman–Crippen MR) is 112 cm³/mol. The topological polar surface area (TPSA) is 80.0 Å². The van der Waals surface area contributed by atoms with Gasteiger partial charge in [0.15, 0.2) is 0 Å². The first kappa shape index (κ1) is 20.4. The number of benzene rings is 2. The van der Waals surface area contributed by atoms with Gasteiger partial charge in [0.1, 0.15) is 34.9 Å². The van der Waals surface area contributed by atoms with Gasteiger partial charge in [-0.3, -0.25) is 14.5 Å². The molecule has 0 saturated carbocycles. The van der Waals surface area contributed by atoms with E-state index in [9.17, 15) is 19.1 Å². The Labute approximate surface area is 178 Å². The molecule has 6 nitrogen and oxygen atoms in total. The molecule has 1 unspecified atom stereocenters. The van der Waals surface area contributed by atoms with Gasteiger partial charge in [0.05, 0.1) is 12.2 Å². The second-order valence-corrected chi connectivity index (χ2v) is 7.05. The summed E-state index contributed by atoms with van der Waals surface area (Å²) in [6.07, 6.45) is 0. The van der Waals surface area contributed by atoms with Crippen LogP contribution in [0.5, 0.6) is 5.75 Å². The summed E-state index contributed by atoms with van der Waals surface area (Å²) < 4.78 is 24.5. The van der Waals surface area contributed by atoms with Gasteiger partial charge >= 0.3 is 0 Å². The highest BCUT2D eigenvalue weighted by Crippen LogP contribution is 2.42. The number of aliphatic hydroxyl groups excluding tert-OH is 1. The Morgan fingerprint density at radius 3 is 2.32 bits per heavy atom. The molecule has 1 amide bonds. The monoisotopic (exact) mass is 421 g/mol. The van der Waals surface area contributed by atoms with Crippen LogP contribution in [-0.2, 0) is 9.59 Å². The molecule has 3 aromatic rings. The number of anilines is 1. The standard InChI is InChI=1S/C24H20FNO5/c1-3-30-18-11-9-17(10-12-18)26-21(19-13-4-14(2)31-19)20(23(28)24(26)29)22(27)15-5-7-16(25)8-6-15/h4-13,21,27H,3H2,1-2H3/b22-20-. The first-order valence-corrected chi connectivity index (χ1v) is 9.77. The van der Waals surface area contributed by atoms with Crippen LogP contribution in [0.4, 0.5) is 10.1 Å². The molecular formula is C24H20FNO5. The third-order valence-corrected chi connectivity index (χ3v) is 5.02. The lowest BCUT2D eigenvalue weighted by Crippen LogP contribution is -2.29. The molecule has 1 fully saturated rings. The van der Waals surface area contributed by atoms with Gasteiger partial charge < -0.3 is 14.3 Å². The largest absolute Gasteiger partial charge is 0.507 e. The van der Waals surface area contributed by atoms with E-state index in [1.165, 1.54) is 29.2 Å². The third kappa shape index (κ3) is 3.70. The summed E-state index contributed by atoms with van der Waals surface area (Å²) in [5, 5.41) is 10.9. The van der Waals surface area contributed by atoms with E-state index >= 15 is 0 Å². The van der Waals surface area contributed by atoms with E-state index in [1.54, 1.807) is 43.3 Å². The predicted octanol–water partition coefficient (Wildman–Crippen LogP) is 4.75. The molecule has 1 atom stereocenters. The minimum Gasteiger partial charge on any atom is -0.507 e. The van der Waals surface area contributed by atoms with Gasteiger partial charge in [-0.05, 0) is 74.5 Å². The van der Waals surface area contributed by atoms with Gasteiger partial charge in [0, 0.05) is 11.3 Å². The van der Waals surface area contributed by atoms with Crippen LogP contribution in [0.2, 0.25) is 0 Å². The molecule has 1 aliphatic rings. The molecule has 7 heteroatoms. The zero-order valence-electron chi connectivity index (χ0n) is 17.0. The summed E-state index contributed by atoms with van der Waals surface area (Å²) in [4.78, 5) is 27.3. The lowest BCUT2D eigenvalue weighted by Gasteiger charge is -2.23. The maximum absolute atomic E-state index is 13.3. The number of amides is 1. The van der Waals surface area contributed by atoms with Crippen LogP contribution in [-0.4, -0.2) is 23.4 Å². The number of furan rings is 1. The Bertz CT molecular complexity index is 1160. The molecule has 1 N–H and O–H groups in total. The summed E-state index contributed by atoms with van der Waals surface area (Å²) in [5.41, 5.74) is 0.543. The molecule has 0 spiro atoms. The summed E-state index contributed by atoms with van der Waals surface area (Å²) >= 11 is 0. The van der Waals surface area contributed by atoms with Crippen LogP contribution < -0.4 is 9.64 Å². The number of aliphatic hydroxyl groups is 1. The van der Waals surface area contributed by atoms with Crippen molar-refractivity contribution in [3.63, 3.8) is 0 Å². The van der Waals surface area contributed by atoms with Crippen molar-refractivity contribution in [3.05, 3.63) is 89.1 Å². The number of hydrogen-bond acceptors (Lipinski definition) is 5. The maximum atomic E-state index is 13.3. The quantitative estimate of drug-likeness (QED) is 0.365. The van der Waals surface area contributed by atoms with Crippen LogP contribution in [0, 0.1) is 12.7 Å². The Balaban J connectivity index is 1.87. The number of nitrogens with zero attached hydrogens (tertiary/aromatic N) is 1. The molecular weight excluding hydrogens is 401 g/mol. The molecule has 1 saturated heterocycles. The highest BCUT2D eigenvalue weighted by Gasteiger charge is 2.48. The van der Waals surface area contributed by atoms with Crippen molar-refractivity contribution in [2.45, 2.75) is 19.9 Å². The number of carbonyl (C=O) groups is 2. The van der Waals surface area contributed by atoms with Crippen molar-refractivity contribution in [1.82, 2.24) is 0 Å². The van der Waals surface area contributed by atoms with E-state index in [0.29, 0.717) is 29.6 Å². The number of Topliss-reactive ketones (excluding diaryl/α,β-unsaturated/α-hetero) is 1. The fraction of sp³-hybridized carbons (Fsp3) is 0.167. The average Bonchev–Trinajstić information content (AvgIpc) is 3.30. The van der Waals surface area contributed by atoms with Gasteiger partial charge in [-0.25, -0.2) is 4.39 Å². The van der Waals surface area contributed by atoms with Crippen molar-refractivity contribution >= 4 is 23.1 Å². The molecule has 31 heavy (non-hydrogen) atoms. The normalized spacial score (nSPS) is 17.9. The van der Waals surface area contributed by atoms with Crippen molar-refractivity contribution in [2.75, 3.05) is 11.5 Å². The highest BCUT2D eigenvalue weighted by atomic mass is 19.1. The average molecular weight is 421 g/mol. The van der Waals surface area contributed by atoms with Gasteiger partial charge in [0.25, 0.3) is 11.7 Å². The Kier molecular flexibility index (Phi) is 5.33. The highest BCUT2D eigenvalue weighted by molar-refractivity contribution is 6.51. The summed E-state index contributed by atoms with van der Waals surface area (Å²) in [6, 6.07) is 14.2. The molecule has 4 rings (SSSR count). The van der Waals surface area contributed by atoms with Crippen molar-refractivity contribution in [2.24, 2.45) is 0 Å². The molecule has 158 valence electrons. The first-order chi connectivity index (χ1) is 14.9. The number of carbonyl (C=O) groups excluding carboxylic acids is 2. The van der Waals surface area contributed by atoms with E-state index in [-0.39, 0.29) is 11.1 Å². The van der Waals surface area contributed by atoms with Crippen LogP contribution in [0.25, 0.3) is 5.76 Å². The van der Waals surface area contributed by atoms with Crippen molar-refractivity contribution in [3.8, 4) is 5.75 Å².